The van der Waals surface area contributed by atoms with E-state index in [9.17, 15) is 0 Å². The lowest BCUT2D eigenvalue weighted by Gasteiger charge is -2.32. The Morgan fingerprint density at radius 1 is 1.05 bits per heavy atom. The predicted octanol–water partition coefficient (Wildman–Crippen LogP) is 4.08. The summed E-state index contributed by atoms with van der Waals surface area (Å²) >= 11 is 0. The summed E-state index contributed by atoms with van der Waals surface area (Å²) in [5.41, 5.74) is 1.47. The molecule has 3 heteroatoms. The topological polar surface area (TPSA) is 15.3 Å². The molecule has 0 aliphatic carbocycles. The van der Waals surface area contributed by atoms with Crippen molar-refractivity contribution in [2.24, 2.45) is 5.92 Å². The zero-order valence-corrected chi connectivity index (χ0v) is 14.2. The lowest BCUT2D eigenvalue weighted by Crippen LogP contribution is -2.34. The molecule has 1 aliphatic heterocycles. The van der Waals surface area contributed by atoms with E-state index in [0.717, 1.165) is 19.0 Å². The Morgan fingerprint density at radius 3 is 2.55 bits per heavy atom. The third-order valence-electron chi connectivity index (χ3n) is 4.78. The highest BCUT2D eigenvalue weighted by molar-refractivity contribution is 5.85. The van der Waals surface area contributed by atoms with Gasteiger partial charge in [-0.15, -0.1) is 12.4 Å². The van der Waals surface area contributed by atoms with Crippen molar-refractivity contribution < 1.29 is 0 Å². The lowest BCUT2D eigenvalue weighted by atomic mass is 9.93. The average molecular weight is 319 g/mol. The largest absolute Gasteiger partial charge is 0.320 e. The molecule has 2 nitrogen and oxygen atoms in total. The molecule has 0 spiro atoms. The Kier molecular flexibility index (Phi) is 6.69. The summed E-state index contributed by atoms with van der Waals surface area (Å²) in [5, 5.41) is 6.05. The van der Waals surface area contributed by atoms with Crippen molar-refractivity contribution in [1.29, 1.82) is 0 Å². The first-order chi connectivity index (χ1) is 10.4. The molecule has 22 heavy (non-hydrogen) atoms. The van der Waals surface area contributed by atoms with Gasteiger partial charge in [0.2, 0.25) is 0 Å². The highest BCUT2D eigenvalue weighted by Gasteiger charge is 2.19. The van der Waals surface area contributed by atoms with Gasteiger partial charge in [0.1, 0.15) is 0 Å². The second kappa shape index (κ2) is 8.52. The molecule has 0 amide bonds. The summed E-state index contributed by atoms with van der Waals surface area (Å²) in [7, 11) is 2.05. The fourth-order valence-corrected chi connectivity index (χ4v) is 3.45. The zero-order valence-electron chi connectivity index (χ0n) is 13.4. The number of nitrogens with zero attached hydrogens (tertiary/aromatic N) is 1. The van der Waals surface area contributed by atoms with Crippen molar-refractivity contribution in [3.63, 3.8) is 0 Å². The first-order valence-corrected chi connectivity index (χ1v) is 8.20. The Morgan fingerprint density at radius 2 is 1.77 bits per heavy atom. The molecule has 1 saturated heterocycles. The van der Waals surface area contributed by atoms with Crippen LogP contribution in [-0.4, -0.2) is 31.6 Å². The van der Waals surface area contributed by atoms with Gasteiger partial charge in [-0.2, -0.15) is 0 Å². The van der Waals surface area contributed by atoms with Crippen molar-refractivity contribution in [3.05, 3.63) is 48.0 Å². The van der Waals surface area contributed by atoms with E-state index in [0.29, 0.717) is 0 Å². The van der Waals surface area contributed by atoms with Crippen LogP contribution in [0.15, 0.2) is 42.5 Å². The second-order valence-electron chi connectivity index (χ2n) is 6.25. The average Bonchev–Trinajstić information content (AvgIpc) is 2.55. The molecule has 2 aromatic carbocycles. The molecule has 0 unspecified atom stereocenters. The van der Waals surface area contributed by atoms with E-state index in [2.05, 4.69) is 59.7 Å². The van der Waals surface area contributed by atoms with Crippen LogP contribution in [0, 0.1) is 5.92 Å². The van der Waals surface area contributed by atoms with Crippen LogP contribution < -0.4 is 5.32 Å². The van der Waals surface area contributed by atoms with E-state index < -0.39 is 0 Å². The van der Waals surface area contributed by atoms with E-state index in [1.165, 1.54) is 48.7 Å². The summed E-state index contributed by atoms with van der Waals surface area (Å²) in [6, 6.07) is 15.4. The minimum atomic E-state index is 0. The first kappa shape index (κ1) is 17.3. The molecule has 2 aromatic rings. The summed E-state index contributed by atoms with van der Waals surface area (Å²) in [6.45, 7) is 4.75. The molecule has 0 aromatic heterocycles. The molecular weight excluding hydrogens is 292 g/mol. The van der Waals surface area contributed by atoms with Crippen LogP contribution in [-0.2, 0) is 6.54 Å². The van der Waals surface area contributed by atoms with Gasteiger partial charge >= 0.3 is 0 Å². The van der Waals surface area contributed by atoms with Crippen molar-refractivity contribution in [2.45, 2.75) is 25.8 Å². The number of benzene rings is 2. The summed E-state index contributed by atoms with van der Waals surface area (Å²) < 4.78 is 0. The number of piperidine rings is 1. The number of hydrogen-bond acceptors (Lipinski definition) is 2. The van der Waals surface area contributed by atoms with Gasteiger partial charge in [-0.05, 0) is 68.2 Å². The van der Waals surface area contributed by atoms with E-state index in [-0.39, 0.29) is 12.4 Å². The Balaban J connectivity index is 0.00000176. The molecule has 0 atom stereocenters. The van der Waals surface area contributed by atoms with Crippen LogP contribution in [0.1, 0.15) is 24.8 Å². The normalized spacial score (nSPS) is 16.6. The van der Waals surface area contributed by atoms with E-state index >= 15 is 0 Å². The predicted molar refractivity (Wildman–Crippen MR) is 97.7 cm³/mol. The Hall–Kier alpha value is -1.09. The van der Waals surface area contributed by atoms with Crippen LogP contribution >= 0.6 is 12.4 Å². The molecule has 3 rings (SSSR count). The monoisotopic (exact) mass is 318 g/mol. The van der Waals surface area contributed by atoms with Gasteiger partial charge in [-0.25, -0.2) is 0 Å². The first-order valence-electron chi connectivity index (χ1n) is 8.20. The van der Waals surface area contributed by atoms with E-state index in [1.807, 2.05) is 0 Å². The fourth-order valence-electron chi connectivity index (χ4n) is 3.45. The molecule has 1 fully saturated rings. The number of hydrogen-bond donors (Lipinski definition) is 1. The summed E-state index contributed by atoms with van der Waals surface area (Å²) in [6.07, 6.45) is 4.04. The highest BCUT2D eigenvalue weighted by atomic mass is 35.5. The number of halogens is 1. The van der Waals surface area contributed by atoms with Gasteiger partial charge < -0.3 is 5.32 Å². The molecular formula is C19H27ClN2. The van der Waals surface area contributed by atoms with E-state index in [1.54, 1.807) is 0 Å². The number of likely N-dealkylation sites (tertiary alicyclic amines) is 1. The van der Waals surface area contributed by atoms with Crippen molar-refractivity contribution >= 4 is 23.2 Å². The minimum Gasteiger partial charge on any atom is -0.320 e. The maximum absolute atomic E-state index is 3.27. The number of fused-ring (bicyclic) bond motifs is 1. The molecule has 1 N–H and O–H groups in total. The van der Waals surface area contributed by atoms with Crippen molar-refractivity contribution in [1.82, 2.24) is 10.2 Å². The molecule has 0 radical (unpaired) electrons. The van der Waals surface area contributed by atoms with Gasteiger partial charge in [0, 0.05) is 6.54 Å². The van der Waals surface area contributed by atoms with Crippen LogP contribution in [0.5, 0.6) is 0 Å². The van der Waals surface area contributed by atoms with Gasteiger partial charge in [0.05, 0.1) is 0 Å². The van der Waals surface area contributed by atoms with E-state index in [4.69, 9.17) is 0 Å². The third kappa shape index (κ3) is 4.22. The van der Waals surface area contributed by atoms with Gasteiger partial charge in [-0.3, -0.25) is 4.90 Å². The molecule has 0 saturated carbocycles. The van der Waals surface area contributed by atoms with Gasteiger partial charge in [0.15, 0.2) is 0 Å². The quantitative estimate of drug-likeness (QED) is 0.893. The Bertz CT molecular complexity index is 571. The van der Waals surface area contributed by atoms with Crippen molar-refractivity contribution in [3.8, 4) is 0 Å². The van der Waals surface area contributed by atoms with Crippen LogP contribution in [0.25, 0.3) is 10.8 Å². The fraction of sp³-hybridized carbons (Fsp3) is 0.474. The van der Waals surface area contributed by atoms with Crippen LogP contribution in [0.4, 0.5) is 0 Å². The van der Waals surface area contributed by atoms with Crippen molar-refractivity contribution in [2.75, 3.05) is 26.7 Å². The van der Waals surface area contributed by atoms with Gasteiger partial charge in [-0.1, -0.05) is 42.5 Å². The molecule has 1 aliphatic rings. The maximum atomic E-state index is 3.27. The van der Waals surface area contributed by atoms with Crippen LogP contribution in [0.3, 0.4) is 0 Å². The third-order valence-corrected chi connectivity index (χ3v) is 4.78. The smallest absolute Gasteiger partial charge is 0.0239 e. The molecule has 120 valence electrons. The minimum absolute atomic E-state index is 0. The number of nitrogens with one attached hydrogen (secondary N) is 1. The molecule has 1 heterocycles. The van der Waals surface area contributed by atoms with Gasteiger partial charge in [0.25, 0.3) is 0 Å². The highest BCUT2D eigenvalue weighted by Crippen LogP contribution is 2.24. The summed E-state index contributed by atoms with van der Waals surface area (Å²) in [5.74, 6) is 0.918. The molecule has 0 bridgehead atoms. The Labute approximate surface area is 140 Å². The standard InChI is InChI=1S/C19H26N2.ClH/c1-20-12-9-16-10-13-21(14-11-16)15-18-7-4-6-17-5-2-3-8-19(17)18;/h2-8,16,20H,9-15H2,1H3;1H. The zero-order chi connectivity index (χ0) is 14.5. The maximum Gasteiger partial charge on any atom is 0.0239 e. The second-order valence-corrected chi connectivity index (χ2v) is 6.25. The number of rotatable bonds is 5. The SMILES string of the molecule is CNCCC1CCN(Cc2cccc3ccccc23)CC1.Cl. The lowest BCUT2D eigenvalue weighted by molar-refractivity contribution is 0.173. The van der Waals surface area contributed by atoms with Crippen LogP contribution in [0.2, 0.25) is 0 Å². The summed E-state index contributed by atoms with van der Waals surface area (Å²) in [4.78, 5) is 2.62.